The number of methoxy groups -OCH3 is 1. The molecule has 0 spiro atoms. The zero-order valence-electron chi connectivity index (χ0n) is 16.2. The molecule has 0 unspecified atom stereocenters. The molecule has 2 aromatic rings. The number of rotatable bonds is 5. The van der Waals surface area contributed by atoms with E-state index in [4.69, 9.17) is 17.0 Å². The van der Waals surface area contributed by atoms with E-state index in [1.54, 1.807) is 16.9 Å². The molecule has 1 saturated heterocycles. The van der Waals surface area contributed by atoms with E-state index in [1.807, 2.05) is 55.5 Å². The number of thioether (sulfide) groups is 1. The van der Waals surface area contributed by atoms with Gasteiger partial charge >= 0.3 is 0 Å². The number of hydrogen-bond acceptors (Lipinski definition) is 5. The van der Waals surface area contributed by atoms with Gasteiger partial charge in [0.1, 0.15) is 10.1 Å². The summed E-state index contributed by atoms with van der Waals surface area (Å²) in [6, 6.07) is 15.3. The van der Waals surface area contributed by atoms with Gasteiger partial charge in [-0.25, -0.2) is 0 Å². The maximum Gasteiger partial charge on any atom is 0.267 e. The SMILES string of the molecule is CCN1C(=O)C(=C2SC(=S)N(CCc3ccccc3OC)C2=O)c2ccccc21. The molecule has 148 valence electrons. The van der Waals surface area contributed by atoms with Crippen LogP contribution < -0.4 is 9.64 Å². The molecule has 4 rings (SSSR count). The largest absolute Gasteiger partial charge is 0.496 e. The third-order valence-corrected chi connectivity index (χ3v) is 6.56. The Hall–Kier alpha value is -2.64. The van der Waals surface area contributed by atoms with Crippen molar-refractivity contribution < 1.29 is 14.3 Å². The summed E-state index contributed by atoms with van der Waals surface area (Å²) in [6.07, 6.45) is 0.616. The van der Waals surface area contributed by atoms with Crippen molar-refractivity contribution in [3.05, 3.63) is 64.6 Å². The molecule has 7 heteroatoms. The second-order valence-corrected chi connectivity index (χ2v) is 8.30. The topological polar surface area (TPSA) is 49.9 Å². The van der Waals surface area contributed by atoms with Crippen LogP contribution in [-0.2, 0) is 16.0 Å². The van der Waals surface area contributed by atoms with Crippen molar-refractivity contribution in [3.63, 3.8) is 0 Å². The fourth-order valence-electron chi connectivity index (χ4n) is 3.70. The Balaban J connectivity index is 1.64. The number of hydrogen-bond donors (Lipinski definition) is 0. The second kappa shape index (κ2) is 8.00. The summed E-state index contributed by atoms with van der Waals surface area (Å²) in [7, 11) is 1.63. The minimum absolute atomic E-state index is 0.140. The van der Waals surface area contributed by atoms with E-state index in [0.717, 1.165) is 22.6 Å². The Morgan fingerprint density at radius 1 is 1.00 bits per heavy atom. The van der Waals surface area contributed by atoms with E-state index in [1.165, 1.54) is 11.8 Å². The molecule has 0 radical (unpaired) electrons. The Morgan fingerprint density at radius 3 is 2.48 bits per heavy atom. The van der Waals surface area contributed by atoms with Crippen molar-refractivity contribution in [2.75, 3.05) is 25.1 Å². The number of fused-ring (bicyclic) bond motifs is 1. The van der Waals surface area contributed by atoms with Gasteiger partial charge in [0.25, 0.3) is 11.8 Å². The third kappa shape index (κ3) is 3.34. The Morgan fingerprint density at radius 2 is 1.72 bits per heavy atom. The first-order valence-electron chi connectivity index (χ1n) is 9.38. The predicted octanol–water partition coefficient (Wildman–Crippen LogP) is 3.88. The summed E-state index contributed by atoms with van der Waals surface area (Å²) in [5.41, 5.74) is 3.11. The fourth-order valence-corrected chi connectivity index (χ4v) is 5.08. The Labute approximate surface area is 179 Å². The molecule has 29 heavy (non-hydrogen) atoms. The Bertz CT molecular complexity index is 1050. The van der Waals surface area contributed by atoms with Crippen LogP contribution >= 0.6 is 24.0 Å². The lowest BCUT2D eigenvalue weighted by Gasteiger charge is -2.16. The average molecular weight is 425 g/mol. The average Bonchev–Trinajstić information content (AvgIpc) is 3.18. The molecule has 0 N–H and O–H groups in total. The van der Waals surface area contributed by atoms with Gasteiger partial charge in [-0.05, 0) is 31.0 Å². The number of anilines is 1. The molecule has 5 nitrogen and oxygen atoms in total. The van der Waals surface area contributed by atoms with Gasteiger partial charge < -0.3 is 9.64 Å². The Kier molecular flexibility index (Phi) is 5.43. The van der Waals surface area contributed by atoms with Crippen LogP contribution in [0.25, 0.3) is 5.57 Å². The molecule has 0 aromatic heterocycles. The van der Waals surface area contributed by atoms with Crippen molar-refractivity contribution in [2.45, 2.75) is 13.3 Å². The summed E-state index contributed by atoms with van der Waals surface area (Å²) >= 11 is 6.69. The van der Waals surface area contributed by atoms with E-state index in [2.05, 4.69) is 0 Å². The van der Waals surface area contributed by atoms with Crippen LogP contribution in [-0.4, -0.2) is 41.2 Å². The molecule has 2 aliphatic heterocycles. The number of ether oxygens (including phenoxy) is 1. The fraction of sp³-hybridized carbons (Fsp3) is 0.227. The molecule has 0 atom stereocenters. The standard InChI is InChI=1S/C22H20N2O3S2/c1-3-23-16-10-6-5-9-15(16)18(20(23)25)19-21(26)24(22(28)29-19)13-12-14-8-4-7-11-17(14)27-2/h4-11H,3,12-13H2,1-2H3. The summed E-state index contributed by atoms with van der Waals surface area (Å²) in [4.78, 5) is 29.9. The minimum atomic E-state index is -0.203. The van der Waals surface area contributed by atoms with Gasteiger partial charge in [-0.1, -0.05) is 60.4 Å². The number of amides is 2. The predicted molar refractivity (Wildman–Crippen MR) is 120 cm³/mol. The monoisotopic (exact) mass is 424 g/mol. The first kappa shape index (κ1) is 19.7. The molecule has 2 heterocycles. The van der Waals surface area contributed by atoms with Crippen molar-refractivity contribution >= 4 is 51.4 Å². The van der Waals surface area contributed by atoms with E-state index in [-0.39, 0.29) is 11.8 Å². The second-order valence-electron chi connectivity index (χ2n) is 6.66. The van der Waals surface area contributed by atoms with Gasteiger partial charge in [0, 0.05) is 18.7 Å². The number of likely N-dealkylation sites (N-methyl/N-ethyl adjacent to an activating group) is 1. The van der Waals surface area contributed by atoms with Crippen LogP contribution in [0.4, 0.5) is 5.69 Å². The van der Waals surface area contributed by atoms with Gasteiger partial charge in [-0.15, -0.1) is 0 Å². The van der Waals surface area contributed by atoms with Crippen molar-refractivity contribution in [1.29, 1.82) is 0 Å². The zero-order valence-corrected chi connectivity index (χ0v) is 17.8. The molecule has 2 aromatic carbocycles. The van der Waals surface area contributed by atoms with Gasteiger partial charge in [-0.2, -0.15) is 0 Å². The van der Waals surface area contributed by atoms with Gasteiger partial charge in [0.2, 0.25) is 0 Å². The number of nitrogens with zero attached hydrogens (tertiary/aromatic N) is 2. The molecule has 0 saturated carbocycles. The molecular formula is C22H20N2O3S2. The third-order valence-electron chi connectivity index (χ3n) is 5.11. The molecule has 2 aliphatic rings. The van der Waals surface area contributed by atoms with E-state index < -0.39 is 0 Å². The summed E-state index contributed by atoms with van der Waals surface area (Å²) in [6.45, 7) is 2.92. The van der Waals surface area contributed by atoms with Gasteiger partial charge in [-0.3, -0.25) is 14.5 Å². The van der Waals surface area contributed by atoms with E-state index in [9.17, 15) is 9.59 Å². The van der Waals surface area contributed by atoms with Gasteiger partial charge in [0.05, 0.1) is 23.3 Å². The highest BCUT2D eigenvalue weighted by Crippen LogP contribution is 2.44. The van der Waals surface area contributed by atoms with Crippen molar-refractivity contribution in [3.8, 4) is 5.75 Å². The molecule has 0 aliphatic carbocycles. The number of carbonyl (C=O) groups is 2. The van der Waals surface area contributed by atoms with Crippen LogP contribution in [0.2, 0.25) is 0 Å². The number of carbonyl (C=O) groups excluding carboxylic acids is 2. The lowest BCUT2D eigenvalue weighted by molar-refractivity contribution is -0.122. The molecule has 0 bridgehead atoms. The number of thiocarbonyl (C=S) groups is 1. The zero-order chi connectivity index (χ0) is 20.5. The van der Waals surface area contributed by atoms with Crippen LogP contribution in [0.3, 0.4) is 0 Å². The van der Waals surface area contributed by atoms with Crippen molar-refractivity contribution in [2.24, 2.45) is 0 Å². The minimum Gasteiger partial charge on any atom is -0.496 e. The van der Waals surface area contributed by atoms with E-state index in [0.29, 0.717) is 34.3 Å². The van der Waals surface area contributed by atoms with Crippen molar-refractivity contribution in [1.82, 2.24) is 4.90 Å². The lowest BCUT2D eigenvalue weighted by Crippen LogP contribution is -2.31. The highest BCUT2D eigenvalue weighted by Gasteiger charge is 2.41. The molecular weight excluding hydrogens is 404 g/mol. The summed E-state index contributed by atoms with van der Waals surface area (Å²) < 4.78 is 5.87. The van der Waals surface area contributed by atoms with Gasteiger partial charge in [0.15, 0.2) is 0 Å². The first-order valence-corrected chi connectivity index (χ1v) is 10.6. The number of benzene rings is 2. The normalized spacial score (nSPS) is 18.6. The van der Waals surface area contributed by atoms with Crippen LogP contribution in [0.15, 0.2) is 53.4 Å². The van der Waals surface area contributed by atoms with E-state index >= 15 is 0 Å². The maximum absolute atomic E-state index is 13.2. The maximum atomic E-state index is 13.2. The van der Waals surface area contributed by atoms with Crippen LogP contribution in [0.5, 0.6) is 5.75 Å². The lowest BCUT2D eigenvalue weighted by atomic mass is 10.1. The quantitative estimate of drug-likeness (QED) is 0.539. The van der Waals surface area contributed by atoms with Crippen LogP contribution in [0, 0.1) is 0 Å². The number of para-hydroxylation sites is 2. The first-order chi connectivity index (χ1) is 14.1. The highest BCUT2D eigenvalue weighted by molar-refractivity contribution is 8.26. The highest BCUT2D eigenvalue weighted by atomic mass is 32.2. The van der Waals surface area contributed by atoms with Crippen LogP contribution in [0.1, 0.15) is 18.1 Å². The summed E-state index contributed by atoms with van der Waals surface area (Å²) in [5, 5.41) is 0. The summed E-state index contributed by atoms with van der Waals surface area (Å²) in [5.74, 6) is 0.444. The smallest absolute Gasteiger partial charge is 0.267 e. The molecule has 2 amide bonds. The molecule has 1 fully saturated rings.